The minimum atomic E-state index is -0.323. The number of carbonyl (C=O) groups excluding carboxylic acids is 2. The van der Waals surface area contributed by atoms with Crippen LogP contribution in [0.1, 0.15) is 42.5 Å². The molecule has 0 spiro atoms. The zero-order valence-electron chi connectivity index (χ0n) is 12.6. The largest absolute Gasteiger partial charge is 0.396 e. The number of amides is 3. The lowest BCUT2D eigenvalue weighted by atomic mass is 10.1. The van der Waals surface area contributed by atoms with Crippen molar-refractivity contribution in [2.24, 2.45) is 0 Å². The number of anilines is 1. The molecule has 1 aromatic carbocycles. The van der Waals surface area contributed by atoms with Gasteiger partial charge in [0.2, 0.25) is 0 Å². The number of benzene rings is 1. The van der Waals surface area contributed by atoms with Gasteiger partial charge in [-0.15, -0.1) is 0 Å². The highest BCUT2D eigenvalue weighted by Crippen LogP contribution is 2.18. The van der Waals surface area contributed by atoms with Crippen LogP contribution < -0.4 is 16.0 Å². The maximum Gasteiger partial charge on any atom is 0.319 e. The van der Waals surface area contributed by atoms with Crippen molar-refractivity contribution in [2.75, 3.05) is 18.5 Å². The minimum Gasteiger partial charge on any atom is -0.396 e. The molecule has 0 aromatic heterocycles. The number of urea groups is 1. The highest BCUT2D eigenvalue weighted by Gasteiger charge is 2.17. The lowest BCUT2D eigenvalue weighted by molar-refractivity contribution is 0.0938. The fourth-order valence-corrected chi connectivity index (χ4v) is 2.50. The highest BCUT2D eigenvalue weighted by atomic mass is 16.3. The Bertz CT molecular complexity index is 496. The summed E-state index contributed by atoms with van der Waals surface area (Å²) in [4.78, 5) is 23.6. The molecule has 1 saturated carbocycles. The lowest BCUT2D eigenvalue weighted by Crippen LogP contribution is -2.32. The first kappa shape index (κ1) is 16.3. The van der Waals surface area contributed by atoms with Gasteiger partial charge >= 0.3 is 6.03 Å². The Morgan fingerprint density at radius 3 is 2.45 bits per heavy atom. The molecule has 1 fully saturated rings. The van der Waals surface area contributed by atoms with Gasteiger partial charge in [0.1, 0.15) is 0 Å². The Balaban J connectivity index is 1.81. The Morgan fingerprint density at radius 2 is 1.82 bits per heavy atom. The number of hydrogen-bond acceptors (Lipinski definition) is 3. The number of aliphatic hydroxyl groups excluding tert-OH is 1. The molecule has 0 bridgehead atoms. The van der Waals surface area contributed by atoms with Crippen LogP contribution in [-0.2, 0) is 0 Å². The van der Waals surface area contributed by atoms with Gasteiger partial charge in [-0.2, -0.15) is 0 Å². The van der Waals surface area contributed by atoms with Crippen molar-refractivity contribution < 1.29 is 14.7 Å². The van der Waals surface area contributed by atoms with Crippen LogP contribution in [0.5, 0.6) is 0 Å². The molecule has 0 atom stereocenters. The molecule has 1 aliphatic carbocycles. The van der Waals surface area contributed by atoms with Crippen molar-refractivity contribution in [1.29, 1.82) is 0 Å². The molecule has 0 heterocycles. The molecule has 0 aliphatic heterocycles. The van der Waals surface area contributed by atoms with Crippen LogP contribution in [0, 0.1) is 0 Å². The Morgan fingerprint density at radius 1 is 1.14 bits per heavy atom. The van der Waals surface area contributed by atoms with Crippen LogP contribution in [-0.4, -0.2) is 36.2 Å². The van der Waals surface area contributed by atoms with Gasteiger partial charge in [-0.05, 0) is 43.5 Å². The van der Waals surface area contributed by atoms with Gasteiger partial charge in [-0.25, -0.2) is 4.79 Å². The molecule has 1 aromatic rings. The standard InChI is InChI=1S/C16H23N3O3/c20-11-3-10-17-16(22)19-14-8-6-12(7-9-14)15(21)18-13-4-1-2-5-13/h6-9,13,20H,1-5,10-11H2,(H,18,21)(H2,17,19,22). The SMILES string of the molecule is O=C(NCCCO)Nc1ccc(C(=O)NC2CCCC2)cc1. The van der Waals surface area contributed by atoms with E-state index in [1.54, 1.807) is 24.3 Å². The van der Waals surface area contributed by atoms with Crippen LogP contribution >= 0.6 is 0 Å². The summed E-state index contributed by atoms with van der Waals surface area (Å²) in [6, 6.07) is 6.78. The van der Waals surface area contributed by atoms with Gasteiger partial charge in [0, 0.05) is 30.4 Å². The van der Waals surface area contributed by atoms with E-state index in [1.807, 2.05) is 0 Å². The van der Waals surface area contributed by atoms with Crippen LogP contribution in [0.15, 0.2) is 24.3 Å². The lowest BCUT2D eigenvalue weighted by Gasteiger charge is -2.12. The van der Waals surface area contributed by atoms with Crippen LogP contribution in [0.3, 0.4) is 0 Å². The molecule has 6 nitrogen and oxygen atoms in total. The highest BCUT2D eigenvalue weighted by molar-refractivity contribution is 5.95. The summed E-state index contributed by atoms with van der Waals surface area (Å²) in [5.41, 5.74) is 1.22. The molecular weight excluding hydrogens is 282 g/mol. The predicted molar refractivity (Wildman–Crippen MR) is 84.9 cm³/mol. The van der Waals surface area contributed by atoms with Gasteiger partial charge in [-0.3, -0.25) is 4.79 Å². The van der Waals surface area contributed by atoms with Crippen molar-refractivity contribution in [3.8, 4) is 0 Å². The minimum absolute atomic E-state index is 0.0467. The third-order valence-electron chi connectivity index (χ3n) is 3.72. The van der Waals surface area contributed by atoms with Gasteiger partial charge in [-0.1, -0.05) is 12.8 Å². The molecule has 120 valence electrons. The second-order valence-corrected chi connectivity index (χ2v) is 5.49. The maximum absolute atomic E-state index is 12.1. The van der Waals surface area contributed by atoms with Crippen molar-refractivity contribution >= 4 is 17.6 Å². The smallest absolute Gasteiger partial charge is 0.319 e. The molecule has 3 amide bonds. The van der Waals surface area contributed by atoms with Crippen LogP contribution in [0.2, 0.25) is 0 Å². The zero-order valence-corrected chi connectivity index (χ0v) is 12.6. The summed E-state index contributed by atoms with van der Waals surface area (Å²) >= 11 is 0. The molecule has 0 radical (unpaired) electrons. The van der Waals surface area contributed by atoms with Gasteiger partial charge in [0.25, 0.3) is 5.91 Å². The maximum atomic E-state index is 12.1. The van der Waals surface area contributed by atoms with E-state index in [0.717, 1.165) is 12.8 Å². The second kappa shape index (κ2) is 8.38. The van der Waals surface area contributed by atoms with E-state index in [0.29, 0.717) is 30.3 Å². The van der Waals surface area contributed by atoms with E-state index < -0.39 is 0 Å². The molecule has 4 N–H and O–H groups in total. The fourth-order valence-electron chi connectivity index (χ4n) is 2.50. The number of hydrogen-bond donors (Lipinski definition) is 4. The average Bonchev–Trinajstić information content (AvgIpc) is 3.01. The summed E-state index contributed by atoms with van der Waals surface area (Å²) in [5.74, 6) is -0.0640. The summed E-state index contributed by atoms with van der Waals surface area (Å²) in [6.45, 7) is 0.468. The normalized spacial score (nSPS) is 14.6. The number of rotatable bonds is 6. The van der Waals surface area contributed by atoms with E-state index in [4.69, 9.17) is 5.11 Å². The summed E-state index contributed by atoms with van der Waals surface area (Å²) in [7, 11) is 0. The van der Waals surface area contributed by atoms with Crippen molar-refractivity contribution in [1.82, 2.24) is 10.6 Å². The van der Waals surface area contributed by atoms with E-state index in [9.17, 15) is 9.59 Å². The van der Waals surface area contributed by atoms with Gasteiger partial charge < -0.3 is 21.1 Å². The topological polar surface area (TPSA) is 90.5 Å². The summed E-state index contributed by atoms with van der Waals surface area (Å²) < 4.78 is 0. The number of carbonyl (C=O) groups is 2. The molecule has 0 saturated heterocycles. The average molecular weight is 305 g/mol. The van der Waals surface area contributed by atoms with E-state index in [-0.39, 0.29) is 18.5 Å². The molecule has 6 heteroatoms. The Kier molecular flexibility index (Phi) is 6.21. The predicted octanol–water partition coefficient (Wildman–Crippen LogP) is 1.86. The molecule has 0 unspecified atom stereocenters. The van der Waals surface area contributed by atoms with Crippen molar-refractivity contribution in [3.05, 3.63) is 29.8 Å². The first-order valence-electron chi connectivity index (χ1n) is 7.75. The zero-order chi connectivity index (χ0) is 15.8. The van der Waals surface area contributed by atoms with E-state index in [1.165, 1.54) is 12.8 Å². The molecule has 22 heavy (non-hydrogen) atoms. The summed E-state index contributed by atoms with van der Waals surface area (Å²) in [6.07, 6.45) is 4.99. The Labute approximate surface area is 130 Å². The fraction of sp³-hybridized carbons (Fsp3) is 0.500. The third kappa shape index (κ3) is 5.04. The Hall–Kier alpha value is -2.08. The number of aliphatic hydroxyl groups is 1. The molecule has 2 rings (SSSR count). The van der Waals surface area contributed by atoms with Gasteiger partial charge in [0.05, 0.1) is 0 Å². The van der Waals surface area contributed by atoms with E-state index in [2.05, 4.69) is 16.0 Å². The van der Waals surface area contributed by atoms with Crippen molar-refractivity contribution in [3.63, 3.8) is 0 Å². The van der Waals surface area contributed by atoms with Gasteiger partial charge in [0.15, 0.2) is 0 Å². The summed E-state index contributed by atoms with van der Waals surface area (Å²) in [5, 5.41) is 17.0. The third-order valence-corrected chi connectivity index (χ3v) is 3.72. The molecular formula is C16H23N3O3. The first-order valence-corrected chi connectivity index (χ1v) is 7.75. The first-order chi connectivity index (χ1) is 10.7. The van der Waals surface area contributed by atoms with Crippen LogP contribution in [0.25, 0.3) is 0 Å². The van der Waals surface area contributed by atoms with E-state index >= 15 is 0 Å². The quantitative estimate of drug-likeness (QED) is 0.605. The second-order valence-electron chi connectivity index (χ2n) is 5.49. The van der Waals surface area contributed by atoms with Crippen molar-refractivity contribution in [2.45, 2.75) is 38.1 Å². The monoisotopic (exact) mass is 305 g/mol. The van der Waals surface area contributed by atoms with Crippen LogP contribution in [0.4, 0.5) is 10.5 Å². The number of nitrogens with one attached hydrogen (secondary N) is 3. The molecule has 1 aliphatic rings.